The molecular formula is C26H30N2O6Si. The smallest absolute Gasteiger partial charge is 0.330 e. The molecule has 5 rings (SSSR count). The molecule has 3 heterocycles. The summed E-state index contributed by atoms with van der Waals surface area (Å²) in [4.78, 5) is 26.1. The highest BCUT2D eigenvalue weighted by Crippen LogP contribution is 2.46. The normalized spacial score (nSPS) is 26.2. The van der Waals surface area contributed by atoms with Gasteiger partial charge in [0.05, 0.1) is 13.2 Å². The van der Waals surface area contributed by atoms with Crippen molar-refractivity contribution < 1.29 is 19.0 Å². The fourth-order valence-corrected chi connectivity index (χ4v) is 9.97. The van der Waals surface area contributed by atoms with Crippen molar-refractivity contribution in [3.63, 3.8) is 0 Å². The fourth-order valence-electron chi connectivity index (χ4n) is 5.36. The molecule has 35 heavy (non-hydrogen) atoms. The summed E-state index contributed by atoms with van der Waals surface area (Å²) in [7, 11) is -2.87. The van der Waals surface area contributed by atoms with E-state index >= 15 is 0 Å². The Hall–Kier alpha value is -2.82. The third-order valence-corrected chi connectivity index (χ3v) is 12.1. The van der Waals surface area contributed by atoms with Gasteiger partial charge in [-0.05, 0) is 15.4 Å². The van der Waals surface area contributed by atoms with Crippen LogP contribution < -0.4 is 21.6 Å². The molecule has 2 aliphatic heterocycles. The molecule has 0 spiro atoms. The molecule has 4 atom stereocenters. The quantitative estimate of drug-likeness (QED) is 0.499. The average Bonchev–Trinajstić information content (AvgIpc) is 3.29. The van der Waals surface area contributed by atoms with Crippen molar-refractivity contribution in [3.8, 4) is 0 Å². The zero-order valence-electron chi connectivity index (χ0n) is 20.0. The maximum Gasteiger partial charge on any atom is 0.330 e. The Morgan fingerprint density at radius 2 is 1.66 bits per heavy atom. The molecule has 0 saturated carbocycles. The summed E-state index contributed by atoms with van der Waals surface area (Å²) in [6.45, 7) is 6.77. The van der Waals surface area contributed by atoms with E-state index in [9.17, 15) is 14.7 Å². The van der Waals surface area contributed by atoms with E-state index in [1.165, 1.54) is 16.8 Å². The molecule has 2 bridgehead atoms. The van der Waals surface area contributed by atoms with Crippen LogP contribution in [-0.4, -0.2) is 54.0 Å². The summed E-state index contributed by atoms with van der Waals surface area (Å²) in [5.41, 5.74) is -2.26. The van der Waals surface area contributed by atoms with E-state index in [-0.39, 0.29) is 18.3 Å². The number of H-pyrrole nitrogens is 1. The number of hydrogen-bond acceptors (Lipinski definition) is 6. The Labute approximate surface area is 204 Å². The monoisotopic (exact) mass is 494 g/mol. The molecule has 3 aromatic rings. The van der Waals surface area contributed by atoms with Crippen LogP contribution in [0.1, 0.15) is 27.0 Å². The zero-order chi connectivity index (χ0) is 24.8. The van der Waals surface area contributed by atoms with Gasteiger partial charge < -0.3 is 19.0 Å². The number of rotatable bonds is 6. The number of nitrogens with one attached hydrogen (secondary N) is 1. The summed E-state index contributed by atoms with van der Waals surface area (Å²) >= 11 is 0. The molecule has 2 aliphatic rings. The summed E-state index contributed by atoms with van der Waals surface area (Å²) in [6, 6.07) is 21.7. The lowest BCUT2D eigenvalue weighted by Gasteiger charge is -2.45. The van der Waals surface area contributed by atoms with Gasteiger partial charge in [0, 0.05) is 12.3 Å². The van der Waals surface area contributed by atoms with E-state index in [2.05, 4.69) is 50.0 Å². The molecule has 9 heteroatoms. The minimum Gasteiger partial charge on any atom is -0.404 e. The van der Waals surface area contributed by atoms with Gasteiger partial charge in [-0.1, -0.05) is 81.4 Å². The summed E-state index contributed by atoms with van der Waals surface area (Å²) in [6.07, 6.45) is -1.25. The number of aromatic amines is 1. The van der Waals surface area contributed by atoms with Crippen LogP contribution in [0.4, 0.5) is 0 Å². The number of aliphatic hydroxyl groups is 1. The van der Waals surface area contributed by atoms with Crippen LogP contribution in [0.25, 0.3) is 0 Å². The third kappa shape index (κ3) is 3.84. The molecule has 0 radical (unpaired) electrons. The van der Waals surface area contributed by atoms with Crippen molar-refractivity contribution in [1.29, 1.82) is 0 Å². The largest absolute Gasteiger partial charge is 0.404 e. The molecule has 0 aliphatic carbocycles. The Kier molecular flexibility index (Phi) is 5.93. The number of benzene rings is 2. The van der Waals surface area contributed by atoms with Gasteiger partial charge in [0.1, 0.15) is 17.8 Å². The first-order valence-corrected chi connectivity index (χ1v) is 13.6. The van der Waals surface area contributed by atoms with Gasteiger partial charge in [0.15, 0.2) is 6.23 Å². The van der Waals surface area contributed by atoms with Gasteiger partial charge in [0.2, 0.25) is 0 Å². The topological polar surface area (TPSA) is 103 Å². The molecule has 8 nitrogen and oxygen atoms in total. The molecule has 2 N–H and O–H groups in total. The van der Waals surface area contributed by atoms with E-state index in [0.29, 0.717) is 0 Å². The number of hydrogen-bond donors (Lipinski definition) is 2. The molecule has 1 aromatic heterocycles. The van der Waals surface area contributed by atoms with E-state index in [0.717, 1.165) is 10.4 Å². The Balaban J connectivity index is 1.53. The van der Waals surface area contributed by atoms with Crippen molar-refractivity contribution in [1.82, 2.24) is 9.55 Å². The van der Waals surface area contributed by atoms with Gasteiger partial charge in [0.25, 0.3) is 13.9 Å². The molecule has 184 valence electrons. The van der Waals surface area contributed by atoms with Gasteiger partial charge >= 0.3 is 5.69 Å². The van der Waals surface area contributed by atoms with E-state index in [1.54, 1.807) is 0 Å². The molecular weight excluding hydrogens is 464 g/mol. The number of aliphatic hydroxyl groups excluding tert-OH is 1. The fraction of sp³-hybridized carbons (Fsp3) is 0.385. The van der Waals surface area contributed by atoms with Crippen molar-refractivity contribution in [2.45, 2.75) is 49.8 Å². The van der Waals surface area contributed by atoms with E-state index in [4.69, 9.17) is 13.9 Å². The summed E-state index contributed by atoms with van der Waals surface area (Å²) in [5.74, 6) is 0. The van der Waals surface area contributed by atoms with Crippen LogP contribution >= 0.6 is 0 Å². The second kappa shape index (κ2) is 8.68. The van der Waals surface area contributed by atoms with Crippen LogP contribution in [0, 0.1) is 0 Å². The second-order valence-corrected chi connectivity index (χ2v) is 14.6. The van der Waals surface area contributed by atoms with Gasteiger partial charge in [-0.2, -0.15) is 0 Å². The minimum atomic E-state index is -2.87. The maximum absolute atomic E-state index is 12.4. The van der Waals surface area contributed by atoms with Crippen LogP contribution in [0.2, 0.25) is 5.04 Å². The number of fused-ring (bicyclic) bond motifs is 2. The lowest BCUT2D eigenvalue weighted by Crippen LogP contribution is -2.68. The van der Waals surface area contributed by atoms with Crippen molar-refractivity contribution >= 4 is 18.7 Å². The Morgan fingerprint density at radius 1 is 1.06 bits per heavy atom. The first kappa shape index (κ1) is 23.9. The minimum absolute atomic E-state index is 0.0898. The molecule has 0 amide bonds. The first-order valence-electron chi connectivity index (χ1n) is 11.7. The van der Waals surface area contributed by atoms with Crippen LogP contribution in [-0.2, 0) is 13.9 Å². The highest BCUT2D eigenvalue weighted by molar-refractivity contribution is 6.99. The van der Waals surface area contributed by atoms with Gasteiger partial charge in [-0.15, -0.1) is 0 Å². The second-order valence-electron chi connectivity index (χ2n) is 10.3. The zero-order valence-corrected chi connectivity index (χ0v) is 21.0. The molecule has 2 saturated heterocycles. The average molecular weight is 495 g/mol. The van der Waals surface area contributed by atoms with Crippen molar-refractivity contribution in [2.75, 3.05) is 13.2 Å². The number of nitrogens with zero attached hydrogens (tertiary/aromatic N) is 1. The van der Waals surface area contributed by atoms with Crippen LogP contribution in [0.15, 0.2) is 82.5 Å². The summed E-state index contributed by atoms with van der Waals surface area (Å²) in [5, 5.41) is 13.2. The third-order valence-electron chi connectivity index (χ3n) is 7.08. The van der Waals surface area contributed by atoms with Gasteiger partial charge in [-0.25, -0.2) is 4.79 Å². The van der Waals surface area contributed by atoms with Crippen molar-refractivity contribution in [2.24, 2.45) is 0 Å². The predicted octanol–water partition coefficient (Wildman–Crippen LogP) is 1.14. The van der Waals surface area contributed by atoms with Crippen LogP contribution in [0.3, 0.4) is 0 Å². The predicted molar refractivity (Wildman–Crippen MR) is 133 cm³/mol. The lowest BCUT2D eigenvalue weighted by molar-refractivity contribution is -0.185. The Morgan fingerprint density at radius 3 is 2.20 bits per heavy atom. The SMILES string of the molecule is CC(C)(C)[Si](OC[C@@]12CO[C@@H]([C@H](n3ccc(=O)[nH]c3=O)O1)[C@@H]2O)(c1ccccc1)c1ccccc1. The van der Waals surface area contributed by atoms with E-state index < -0.39 is 43.6 Å². The molecule has 2 fully saturated rings. The van der Waals surface area contributed by atoms with Crippen molar-refractivity contribution in [3.05, 3.63) is 93.8 Å². The highest BCUT2D eigenvalue weighted by Gasteiger charge is 2.63. The standard InChI is InChI=1S/C26H30N2O6Si/c1-25(2,3)35(18-10-6-4-7-11-18,19-12-8-5-9-13-19)33-17-26-16-32-21(22(26)30)23(34-26)28-15-14-20(29)27-24(28)31/h4-15,21-23,30H,16-17H2,1-3H3,(H,27,29,31)/t21-,22+,23-,26-/m1/s1. The summed E-state index contributed by atoms with van der Waals surface area (Å²) < 4.78 is 20.5. The number of aromatic nitrogens is 2. The van der Waals surface area contributed by atoms with E-state index in [1.807, 2.05) is 36.4 Å². The molecule has 0 unspecified atom stereocenters. The maximum atomic E-state index is 12.4. The Bertz CT molecular complexity index is 1260. The highest BCUT2D eigenvalue weighted by atomic mass is 28.4. The first-order chi connectivity index (χ1) is 16.7. The number of ether oxygens (including phenoxy) is 2. The molecule has 2 aromatic carbocycles. The lowest BCUT2D eigenvalue weighted by atomic mass is 10.0. The van der Waals surface area contributed by atoms with Gasteiger partial charge in [-0.3, -0.25) is 14.3 Å². The van der Waals surface area contributed by atoms with Crippen LogP contribution in [0.5, 0.6) is 0 Å².